The number of nitrogens with zero attached hydrogens (tertiary/aromatic N) is 1. The first kappa shape index (κ1) is 14.2. The molecule has 0 aliphatic rings. The van der Waals surface area contributed by atoms with Gasteiger partial charge in [-0.2, -0.15) is 4.39 Å². The number of hydrogen-bond donors (Lipinski definition) is 0. The van der Waals surface area contributed by atoms with Crippen molar-refractivity contribution < 1.29 is 8.78 Å². The highest BCUT2D eigenvalue weighted by atomic mass is 32.1. The molecule has 0 spiro atoms. The van der Waals surface area contributed by atoms with Gasteiger partial charge in [-0.3, -0.25) is 4.90 Å². The van der Waals surface area contributed by atoms with Crippen LogP contribution in [0.3, 0.4) is 0 Å². The van der Waals surface area contributed by atoms with Gasteiger partial charge in [0.05, 0.1) is 6.54 Å². The van der Waals surface area contributed by atoms with E-state index in [1.807, 2.05) is 6.07 Å². The minimum absolute atomic E-state index is 0.136. The molecule has 100 valence electrons. The second kappa shape index (κ2) is 6.78. The Morgan fingerprint density at radius 1 is 1.05 bits per heavy atom. The number of rotatable bonds is 2. The summed E-state index contributed by atoms with van der Waals surface area (Å²) >= 11 is 4.59. The summed E-state index contributed by atoms with van der Waals surface area (Å²) in [6.07, 6.45) is 0. The van der Waals surface area contributed by atoms with Gasteiger partial charge in [0.1, 0.15) is 5.82 Å². The molecule has 0 aromatic heterocycles. The zero-order chi connectivity index (χ0) is 14.4. The largest absolute Gasteiger partial charge is 0.297 e. The van der Waals surface area contributed by atoms with Gasteiger partial charge in [-0.25, -0.2) is 4.39 Å². The van der Waals surface area contributed by atoms with E-state index in [2.05, 4.69) is 24.1 Å². The lowest BCUT2D eigenvalue weighted by molar-refractivity contribution is 0.627. The number of anilines is 1. The third-order valence-corrected chi connectivity index (χ3v) is 2.81. The zero-order valence-corrected chi connectivity index (χ0v) is 11.3. The molecule has 0 aliphatic carbocycles. The summed E-state index contributed by atoms with van der Waals surface area (Å²) in [6, 6.07) is 14.8. The van der Waals surface area contributed by atoms with Crippen molar-refractivity contribution in [3.05, 3.63) is 66.0 Å². The van der Waals surface area contributed by atoms with Crippen LogP contribution >= 0.6 is 12.2 Å². The van der Waals surface area contributed by atoms with Gasteiger partial charge < -0.3 is 0 Å². The van der Waals surface area contributed by atoms with Gasteiger partial charge in [-0.15, -0.1) is 0 Å². The Bertz CT molecular complexity index is 642. The van der Waals surface area contributed by atoms with E-state index in [0.29, 0.717) is 11.3 Å². The van der Waals surface area contributed by atoms with Crippen molar-refractivity contribution >= 4 is 23.1 Å². The molecule has 0 aliphatic heterocycles. The Labute approximate surface area is 121 Å². The molecule has 0 N–H and O–H groups in total. The second-order valence-corrected chi connectivity index (χ2v) is 4.32. The number of hydrogen-bond acceptors (Lipinski definition) is 1. The molecule has 2 rings (SSSR count). The third-order valence-electron chi connectivity index (χ3n) is 2.59. The smallest absolute Gasteiger partial charge is 0.260 e. The van der Waals surface area contributed by atoms with Crippen molar-refractivity contribution in [2.45, 2.75) is 0 Å². The van der Waals surface area contributed by atoms with Crippen molar-refractivity contribution in [3.63, 3.8) is 0 Å². The quantitative estimate of drug-likeness (QED) is 0.356. The first-order chi connectivity index (χ1) is 9.66. The molecule has 0 saturated heterocycles. The molecule has 20 heavy (non-hydrogen) atoms. The molecule has 0 heterocycles. The van der Waals surface area contributed by atoms with Crippen molar-refractivity contribution in [2.24, 2.45) is 0 Å². The minimum atomic E-state index is -0.732. The topological polar surface area (TPSA) is 3.24 Å². The average molecular weight is 287 g/mol. The number of halogens is 2. The first-order valence-electron chi connectivity index (χ1n) is 5.93. The fourth-order valence-corrected chi connectivity index (χ4v) is 1.79. The van der Waals surface area contributed by atoms with E-state index in [1.165, 1.54) is 17.0 Å². The van der Waals surface area contributed by atoms with Gasteiger partial charge in [0.15, 0.2) is 0 Å². The van der Waals surface area contributed by atoms with E-state index >= 15 is 0 Å². The van der Waals surface area contributed by atoms with Crippen LogP contribution in [0.5, 0.6) is 0 Å². The molecular formula is C16H11F2NS. The van der Waals surface area contributed by atoms with Crippen LogP contribution in [-0.2, 0) is 0 Å². The summed E-state index contributed by atoms with van der Waals surface area (Å²) in [5, 5.41) is -0.732. The van der Waals surface area contributed by atoms with E-state index in [-0.39, 0.29) is 12.4 Å². The van der Waals surface area contributed by atoms with E-state index in [0.717, 1.165) is 0 Å². The number of thiocarbonyl (C=S) groups is 1. The highest BCUT2D eigenvalue weighted by molar-refractivity contribution is 7.80. The first-order valence-corrected chi connectivity index (χ1v) is 6.34. The lowest BCUT2D eigenvalue weighted by Gasteiger charge is -2.17. The summed E-state index contributed by atoms with van der Waals surface area (Å²) in [5.41, 5.74) is 1.32. The lowest BCUT2D eigenvalue weighted by Crippen LogP contribution is -2.26. The van der Waals surface area contributed by atoms with Gasteiger partial charge in [-0.1, -0.05) is 30.0 Å². The fraction of sp³-hybridized carbons (Fsp3) is 0.0625. The number of benzene rings is 2. The minimum Gasteiger partial charge on any atom is -0.297 e. The summed E-state index contributed by atoms with van der Waals surface area (Å²) in [5.74, 6) is 5.36. The second-order valence-electron chi connectivity index (χ2n) is 3.98. The maximum absolute atomic E-state index is 13.4. The van der Waals surface area contributed by atoms with E-state index in [1.54, 1.807) is 36.4 Å². The highest BCUT2D eigenvalue weighted by Crippen LogP contribution is 2.14. The van der Waals surface area contributed by atoms with Crippen molar-refractivity contribution in [3.8, 4) is 11.8 Å². The van der Waals surface area contributed by atoms with Crippen LogP contribution in [0.2, 0.25) is 0 Å². The molecule has 4 heteroatoms. The highest BCUT2D eigenvalue weighted by Gasteiger charge is 2.08. The predicted octanol–water partition coefficient (Wildman–Crippen LogP) is 3.94. The standard InChI is InChI=1S/C16H11F2NS/c17-14-10-8-13(9-11-14)5-4-12-19(16(18)20)15-6-2-1-3-7-15/h1-3,6-11H,12H2. The van der Waals surface area contributed by atoms with Crippen LogP contribution in [0.4, 0.5) is 14.5 Å². The lowest BCUT2D eigenvalue weighted by atomic mass is 10.2. The van der Waals surface area contributed by atoms with Gasteiger partial charge in [0, 0.05) is 11.3 Å². The van der Waals surface area contributed by atoms with Crippen LogP contribution in [-0.4, -0.2) is 11.8 Å². The third kappa shape index (κ3) is 3.87. The molecule has 2 aromatic carbocycles. The van der Waals surface area contributed by atoms with Crippen LogP contribution in [0.1, 0.15) is 5.56 Å². The monoisotopic (exact) mass is 287 g/mol. The van der Waals surface area contributed by atoms with Gasteiger partial charge in [0.2, 0.25) is 0 Å². The van der Waals surface area contributed by atoms with E-state index in [9.17, 15) is 8.78 Å². The molecule has 0 bridgehead atoms. The van der Waals surface area contributed by atoms with Crippen LogP contribution in [0.25, 0.3) is 0 Å². The molecule has 1 nitrogen and oxygen atoms in total. The summed E-state index contributed by atoms with van der Waals surface area (Å²) in [4.78, 5) is 1.30. The Kier molecular flexibility index (Phi) is 4.80. The van der Waals surface area contributed by atoms with E-state index < -0.39 is 5.24 Å². The van der Waals surface area contributed by atoms with Crippen molar-refractivity contribution in [1.29, 1.82) is 0 Å². The Morgan fingerprint density at radius 3 is 2.30 bits per heavy atom. The van der Waals surface area contributed by atoms with Gasteiger partial charge >= 0.3 is 0 Å². The summed E-state index contributed by atoms with van der Waals surface area (Å²) in [7, 11) is 0. The molecule has 2 aromatic rings. The molecular weight excluding hydrogens is 276 g/mol. The zero-order valence-electron chi connectivity index (χ0n) is 10.5. The maximum atomic E-state index is 13.4. The average Bonchev–Trinajstić information content (AvgIpc) is 2.46. The maximum Gasteiger partial charge on any atom is 0.260 e. The van der Waals surface area contributed by atoms with Crippen LogP contribution < -0.4 is 4.90 Å². The number of para-hydroxylation sites is 1. The molecule has 0 saturated carbocycles. The Morgan fingerprint density at radius 2 is 1.70 bits per heavy atom. The molecule has 0 radical (unpaired) electrons. The normalized spacial score (nSPS) is 9.50. The SMILES string of the molecule is FC(=S)N(CC#Cc1ccc(F)cc1)c1ccccc1. The van der Waals surface area contributed by atoms with E-state index in [4.69, 9.17) is 0 Å². The molecule has 0 atom stereocenters. The summed E-state index contributed by atoms with van der Waals surface area (Å²) in [6.45, 7) is 0.136. The predicted molar refractivity (Wildman–Crippen MR) is 80.8 cm³/mol. The van der Waals surface area contributed by atoms with Gasteiger partial charge in [-0.05, 0) is 48.6 Å². The van der Waals surface area contributed by atoms with Crippen LogP contribution in [0.15, 0.2) is 54.6 Å². The summed E-state index contributed by atoms with van der Waals surface area (Å²) < 4.78 is 26.1. The molecule has 0 fully saturated rings. The van der Waals surface area contributed by atoms with Crippen molar-refractivity contribution in [2.75, 3.05) is 11.4 Å². The molecule has 0 unspecified atom stereocenters. The Hall–Kier alpha value is -2.25. The Balaban J connectivity index is 2.11. The van der Waals surface area contributed by atoms with Gasteiger partial charge in [0.25, 0.3) is 5.24 Å². The molecule has 0 amide bonds. The van der Waals surface area contributed by atoms with Crippen LogP contribution in [0, 0.1) is 17.7 Å². The fourth-order valence-electron chi connectivity index (χ4n) is 1.62. The van der Waals surface area contributed by atoms with Crippen molar-refractivity contribution in [1.82, 2.24) is 0 Å².